The van der Waals surface area contributed by atoms with Crippen LogP contribution in [-0.4, -0.2) is 33.2 Å². The van der Waals surface area contributed by atoms with Crippen LogP contribution in [0.1, 0.15) is 11.1 Å². The first-order valence-corrected chi connectivity index (χ1v) is 13.4. The molecule has 3 aromatic carbocycles. The van der Waals surface area contributed by atoms with Crippen molar-refractivity contribution in [3.8, 4) is 0 Å². The van der Waals surface area contributed by atoms with Crippen LogP contribution >= 0.6 is 35.0 Å². The molecule has 5 nitrogen and oxygen atoms in total. The van der Waals surface area contributed by atoms with E-state index in [4.69, 9.17) is 23.2 Å². The van der Waals surface area contributed by atoms with Crippen molar-refractivity contribution in [2.45, 2.75) is 23.6 Å². The van der Waals surface area contributed by atoms with Crippen LogP contribution in [0.3, 0.4) is 0 Å². The van der Waals surface area contributed by atoms with Crippen LogP contribution in [-0.2, 0) is 14.8 Å². The molecule has 0 aromatic heterocycles. The van der Waals surface area contributed by atoms with Gasteiger partial charge < -0.3 is 5.32 Å². The Morgan fingerprint density at radius 1 is 0.939 bits per heavy atom. The number of sulfonamides is 1. The Morgan fingerprint density at radius 3 is 2.21 bits per heavy atom. The molecule has 0 saturated heterocycles. The molecule has 33 heavy (non-hydrogen) atoms. The fraction of sp³-hybridized carbons (Fsp3) is 0.208. The molecule has 0 radical (unpaired) electrons. The van der Waals surface area contributed by atoms with Gasteiger partial charge in [-0.15, -0.1) is 11.8 Å². The molecular weight excluding hydrogens is 499 g/mol. The number of halogens is 2. The first kappa shape index (κ1) is 25.4. The van der Waals surface area contributed by atoms with Gasteiger partial charge in [0, 0.05) is 27.2 Å². The van der Waals surface area contributed by atoms with E-state index >= 15 is 0 Å². The lowest BCUT2D eigenvalue weighted by Crippen LogP contribution is -2.41. The SMILES string of the molecule is Cc1ccc(S(=O)(=O)N(CC(=O)NCCSc2ccc(Cl)cc2)c2ccc(Cl)cc2C)cc1. The summed E-state index contributed by atoms with van der Waals surface area (Å²) >= 11 is 13.5. The number of nitrogens with one attached hydrogen (secondary N) is 1. The fourth-order valence-corrected chi connectivity index (χ4v) is 5.72. The molecular formula is C24H24Cl2N2O3S2. The molecule has 0 unspecified atom stereocenters. The van der Waals surface area contributed by atoms with Crippen LogP contribution in [0.5, 0.6) is 0 Å². The van der Waals surface area contributed by atoms with Crippen molar-refractivity contribution in [2.75, 3.05) is 23.1 Å². The van der Waals surface area contributed by atoms with Crippen molar-refractivity contribution in [3.05, 3.63) is 87.9 Å². The van der Waals surface area contributed by atoms with Crippen LogP contribution in [0, 0.1) is 13.8 Å². The van der Waals surface area contributed by atoms with E-state index in [1.54, 1.807) is 61.2 Å². The Kier molecular flexibility index (Phi) is 8.70. The first-order chi connectivity index (χ1) is 15.7. The average Bonchev–Trinajstić information content (AvgIpc) is 2.77. The van der Waals surface area contributed by atoms with Crippen molar-refractivity contribution in [3.63, 3.8) is 0 Å². The monoisotopic (exact) mass is 522 g/mol. The number of thioether (sulfide) groups is 1. The Hall–Kier alpha value is -2.19. The molecule has 0 aliphatic carbocycles. The van der Waals surface area contributed by atoms with Crippen LogP contribution in [0.25, 0.3) is 0 Å². The standard InChI is InChI=1S/C24H24Cl2N2O3S2/c1-17-3-10-22(11-4-17)33(30,31)28(23-12-7-20(26)15-18(23)2)16-24(29)27-13-14-32-21-8-5-19(25)6-9-21/h3-12,15H,13-14,16H2,1-2H3,(H,27,29). The summed E-state index contributed by atoms with van der Waals surface area (Å²) in [4.78, 5) is 13.9. The quantitative estimate of drug-likeness (QED) is 0.288. The van der Waals surface area contributed by atoms with Gasteiger partial charge in [0.15, 0.2) is 0 Å². The zero-order chi connectivity index (χ0) is 24.0. The number of nitrogens with zero attached hydrogens (tertiary/aromatic N) is 1. The molecule has 9 heteroatoms. The molecule has 0 heterocycles. The molecule has 0 fully saturated rings. The van der Waals surface area contributed by atoms with E-state index in [9.17, 15) is 13.2 Å². The Labute approximate surface area is 209 Å². The number of amides is 1. The van der Waals surface area contributed by atoms with Gasteiger partial charge in [-0.05, 0) is 74.0 Å². The second-order valence-corrected chi connectivity index (χ2v) is 11.3. The molecule has 0 atom stereocenters. The lowest BCUT2D eigenvalue weighted by molar-refractivity contribution is -0.119. The van der Waals surface area contributed by atoms with Crippen LogP contribution in [0.2, 0.25) is 10.0 Å². The van der Waals surface area contributed by atoms with Crippen molar-refractivity contribution >= 4 is 56.6 Å². The van der Waals surface area contributed by atoms with E-state index in [2.05, 4.69) is 5.32 Å². The zero-order valence-corrected chi connectivity index (χ0v) is 21.4. The van der Waals surface area contributed by atoms with Gasteiger partial charge in [-0.1, -0.05) is 40.9 Å². The first-order valence-electron chi connectivity index (χ1n) is 10.2. The minimum Gasteiger partial charge on any atom is -0.354 e. The van der Waals surface area contributed by atoms with Crippen molar-refractivity contribution < 1.29 is 13.2 Å². The average molecular weight is 524 g/mol. The van der Waals surface area contributed by atoms with E-state index in [0.717, 1.165) is 14.8 Å². The van der Waals surface area contributed by atoms with E-state index in [1.165, 1.54) is 0 Å². The molecule has 0 spiro atoms. The number of benzene rings is 3. The minimum atomic E-state index is -3.97. The molecule has 0 aliphatic heterocycles. The fourth-order valence-electron chi connectivity index (χ4n) is 3.11. The summed E-state index contributed by atoms with van der Waals surface area (Å²) in [5, 5.41) is 3.97. The maximum absolute atomic E-state index is 13.5. The number of aryl methyl sites for hydroxylation is 2. The lowest BCUT2D eigenvalue weighted by atomic mass is 10.2. The van der Waals surface area contributed by atoms with E-state index in [1.807, 2.05) is 31.2 Å². The number of carbonyl (C=O) groups is 1. The summed E-state index contributed by atoms with van der Waals surface area (Å²) in [5.41, 5.74) is 2.01. The van der Waals surface area contributed by atoms with E-state index in [0.29, 0.717) is 33.6 Å². The van der Waals surface area contributed by atoms with E-state index in [-0.39, 0.29) is 11.4 Å². The number of carbonyl (C=O) groups excluding carboxylic acids is 1. The van der Waals surface area contributed by atoms with Gasteiger partial charge >= 0.3 is 0 Å². The van der Waals surface area contributed by atoms with Crippen LogP contribution in [0.15, 0.2) is 76.5 Å². The second-order valence-electron chi connectivity index (χ2n) is 7.41. The zero-order valence-electron chi connectivity index (χ0n) is 18.2. The third-order valence-electron chi connectivity index (χ3n) is 4.83. The minimum absolute atomic E-state index is 0.119. The van der Waals surface area contributed by atoms with Crippen LogP contribution in [0.4, 0.5) is 5.69 Å². The van der Waals surface area contributed by atoms with Gasteiger partial charge in [0.25, 0.3) is 10.0 Å². The second kappa shape index (κ2) is 11.3. The highest BCUT2D eigenvalue weighted by atomic mass is 35.5. The van der Waals surface area contributed by atoms with Gasteiger partial charge in [-0.3, -0.25) is 9.10 Å². The lowest BCUT2D eigenvalue weighted by Gasteiger charge is -2.26. The topological polar surface area (TPSA) is 66.5 Å². The normalized spacial score (nSPS) is 11.3. The van der Waals surface area contributed by atoms with E-state index < -0.39 is 15.9 Å². The van der Waals surface area contributed by atoms with Crippen molar-refractivity contribution in [2.24, 2.45) is 0 Å². The highest BCUT2D eigenvalue weighted by Crippen LogP contribution is 2.29. The third-order valence-corrected chi connectivity index (χ3v) is 8.11. The maximum Gasteiger partial charge on any atom is 0.264 e. The molecule has 1 N–H and O–H groups in total. The van der Waals surface area contributed by atoms with Crippen molar-refractivity contribution in [1.29, 1.82) is 0 Å². The van der Waals surface area contributed by atoms with Crippen LogP contribution < -0.4 is 9.62 Å². The summed E-state index contributed by atoms with van der Waals surface area (Å²) in [6, 6.07) is 18.9. The number of hydrogen-bond acceptors (Lipinski definition) is 4. The molecule has 0 bridgehead atoms. The highest BCUT2D eigenvalue weighted by Gasteiger charge is 2.28. The predicted molar refractivity (Wildman–Crippen MR) is 137 cm³/mol. The summed E-state index contributed by atoms with van der Waals surface area (Å²) in [6.07, 6.45) is 0. The maximum atomic E-state index is 13.5. The summed E-state index contributed by atoms with van der Waals surface area (Å²) < 4.78 is 28.0. The largest absolute Gasteiger partial charge is 0.354 e. The highest BCUT2D eigenvalue weighted by molar-refractivity contribution is 7.99. The molecule has 3 aromatic rings. The molecule has 174 valence electrons. The number of hydrogen-bond donors (Lipinski definition) is 1. The Bertz CT molecular complexity index is 1220. The Morgan fingerprint density at radius 2 is 1.58 bits per heavy atom. The molecule has 3 rings (SSSR count). The Balaban J connectivity index is 1.74. The van der Waals surface area contributed by atoms with Crippen molar-refractivity contribution in [1.82, 2.24) is 5.32 Å². The molecule has 0 aliphatic rings. The van der Waals surface area contributed by atoms with Gasteiger partial charge in [0.2, 0.25) is 5.91 Å². The number of rotatable bonds is 9. The summed E-state index contributed by atoms with van der Waals surface area (Å²) in [5.74, 6) is 0.245. The summed E-state index contributed by atoms with van der Waals surface area (Å²) in [6.45, 7) is 3.70. The molecule has 0 saturated carbocycles. The van der Waals surface area contributed by atoms with Gasteiger partial charge in [-0.2, -0.15) is 0 Å². The predicted octanol–water partition coefficient (Wildman–Crippen LogP) is 5.71. The van der Waals surface area contributed by atoms with Gasteiger partial charge in [-0.25, -0.2) is 8.42 Å². The molecule has 1 amide bonds. The third kappa shape index (κ3) is 6.90. The van der Waals surface area contributed by atoms with Gasteiger partial charge in [0.05, 0.1) is 10.6 Å². The smallest absolute Gasteiger partial charge is 0.264 e. The van der Waals surface area contributed by atoms with Gasteiger partial charge in [0.1, 0.15) is 6.54 Å². The summed E-state index contributed by atoms with van der Waals surface area (Å²) in [7, 11) is -3.97. The number of anilines is 1.